The number of rotatable bonds is 5. The Balaban J connectivity index is 2.15. The minimum Gasteiger partial charge on any atom is -0.493 e. The Bertz CT molecular complexity index is 768. The van der Waals surface area contributed by atoms with Gasteiger partial charge in [0.2, 0.25) is 5.95 Å². The van der Waals surface area contributed by atoms with Gasteiger partial charge in [-0.1, -0.05) is 0 Å². The molecule has 0 amide bonds. The number of aromatic nitrogens is 2. The second-order valence-corrected chi connectivity index (χ2v) is 5.35. The zero-order valence-electron chi connectivity index (χ0n) is 13.2. The number of hydrogen-bond acceptors (Lipinski definition) is 7. The molecule has 0 radical (unpaired) electrons. The number of nitrogens with zero attached hydrogens (tertiary/aromatic N) is 2. The van der Waals surface area contributed by atoms with Gasteiger partial charge in [0.05, 0.1) is 37.8 Å². The SMILES string of the molecule is COc1cc2nc(NN)n(C[C@@H]3CCCO3)c(=O)c2cc1OC. The topological polar surface area (TPSA) is 101 Å². The van der Waals surface area contributed by atoms with Gasteiger partial charge >= 0.3 is 0 Å². The Morgan fingerprint density at radius 1 is 1.39 bits per heavy atom. The molecule has 0 bridgehead atoms. The third-order valence-electron chi connectivity index (χ3n) is 4.00. The van der Waals surface area contributed by atoms with Crippen molar-refractivity contribution in [1.29, 1.82) is 0 Å². The van der Waals surface area contributed by atoms with E-state index in [0.717, 1.165) is 19.4 Å². The molecule has 2 aromatic rings. The Morgan fingerprint density at radius 3 is 2.74 bits per heavy atom. The maximum Gasteiger partial charge on any atom is 0.263 e. The maximum absolute atomic E-state index is 12.8. The molecule has 0 spiro atoms. The Labute approximate surface area is 133 Å². The number of benzene rings is 1. The first-order valence-electron chi connectivity index (χ1n) is 7.42. The van der Waals surface area contributed by atoms with Crippen LogP contribution in [-0.4, -0.2) is 36.5 Å². The van der Waals surface area contributed by atoms with Crippen molar-refractivity contribution in [2.24, 2.45) is 5.84 Å². The molecule has 3 rings (SSSR count). The summed E-state index contributed by atoms with van der Waals surface area (Å²) in [5.41, 5.74) is 2.79. The monoisotopic (exact) mass is 320 g/mol. The van der Waals surface area contributed by atoms with E-state index < -0.39 is 0 Å². The van der Waals surface area contributed by atoms with Crippen LogP contribution in [0.4, 0.5) is 5.95 Å². The molecule has 0 saturated carbocycles. The second-order valence-electron chi connectivity index (χ2n) is 5.35. The van der Waals surface area contributed by atoms with Gasteiger partial charge in [0.25, 0.3) is 5.56 Å². The molecule has 1 fully saturated rings. The lowest BCUT2D eigenvalue weighted by Gasteiger charge is -2.17. The highest BCUT2D eigenvalue weighted by Crippen LogP contribution is 2.30. The normalized spacial score (nSPS) is 17.4. The highest BCUT2D eigenvalue weighted by Gasteiger charge is 2.20. The van der Waals surface area contributed by atoms with Crippen molar-refractivity contribution in [1.82, 2.24) is 9.55 Å². The number of nitrogens with one attached hydrogen (secondary N) is 1. The van der Waals surface area contributed by atoms with Crippen molar-refractivity contribution in [3.63, 3.8) is 0 Å². The Morgan fingerprint density at radius 2 is 2.13 bits per heavy atom. The summed E-state index contributed by atoms with van der Waals surface area (Å²) in [6.07, 6.45) is 1.91. The standard InChI is InChI=1S/C15H20N4O4/c1-21-12-6-10-11(7-13(12)22-2)17-15(18-16)19(14(10)20)8-9-4-3-5-23-9/h6-7,9H,3-5,8,16H2,1-2H3,(H,17,18)/t9-/m0/s1. The molecule has 3 N–H and O–H groups in total. The van der Waals surface area contributed by atoms with Crippen LogP contribution in [0.1, 0.15) is 12.8 Å². The first kappa shape index (κ1) is 15.6. The molecule has 8 heteroatoms. The summed E-state index contributed by atoms with van der Waals surface area (Å²) in [6.45, 7) is 1.13. The van der Waals surface area contributed by atoms with E-state index in [-0.39, 0.29) is 11.7 Å². The van der Waals surface area contributed by atoms with Crippen LogP contribution in [0, 0.1) is 0 Å². The van der Waals surface area contributed by atoms with Crippen molar-refractivity contribution in [3.05, 3.63) is 22.5 Å². The highest BCUT2D eigenvalue weighted by molar-refractivity contribution is 5.82. The Kier molecular flexibility index (Phi) is 4.35. The van der Waals surface area contributed by atoms with Gasteiger partial charge in [0.1, 0.15) is 0 Å². The van der Waals surface area contributed by atoms with Gasteiger partial charge in [-0.25, -0.2) is 10.8 Å². The zero-order valence-corrected chi connectivity index (χ0v) is 13.2. The molecule has 1 aliphatic rings. The molecule has 1 aromatic heterocycles. The highest BCUT2D eigenvalue weighted by atomic mass is 16.5. The van der Waals surface area contributed by atoms with E-state index in [9.17, 15) is 4.79 Å². The average molecular weight is 320 g/mol. The molecule has 1 saturated heterocycles. The van der Waals surface area contributed by atoms with Crippen LogP contribution in [0.15, 0.2) is 16.9 Å². The number of fused-ring (bicyclic) bond motifs is 1. The average Bonchev–Trinajstić information content (AvgIpc) is 3.09. The smallest absolute Gasteiger partial charge is 0.263 e. The van der Waals surface area contributed by atoms with Crippen LogP contribution < -0.4 is 26.3 Å². The van der Waals surface area contributed by atoms with E-state index in [1.54, 1.807) is 12.1 Å². The van der Waals surface area contributed by atoms with Crippen LogP contribution in [0.25, 0.3) is 10.9 Å². The summed E-state index contributed by atoms with van der Waals surface area (Å²) in [6, 6.07) is 3.29. The largest absolute Gasteiger partial charge is 0.493 e. The van der Waals surface area contributed by atoms with Crippen LogP contribution in [0.3, 0.4) is 0 Å². The van der Waals surface area contributed by atoms with E-state index in [1.165, 1.54) is 18.8 Å². The van der Waals surface area contributed by atoms with Gasteiger partial charge in [0.15, 0.2) is 11.5 Å². The summed E-state index contributed by atoms with van der Waals surface area (Å²) in [5.74, 6) is 6.83. The lowest BCUT2D eigenvalue weighted by atomic mass is 10.2. The third-order valence-corrected chi connectivity index (χ3v) is 4.00. The van der Waals surface area contributed by atoms with Gasteiger partial charge in [-0.2, -0.15) is 0 Å². The first-order chi connectivity index (χ1) is 11.2. The minimum absolute atomic E-state index is 0.000746. The first-order valence-corrected chi connectivity index (χ1v) is 7.42. The molecule has 2 heterocycles. The zero-order chi connectivity index (χ0) is 16.4. The second kappa shape index (κ2) is 6.43. The van der Waals surface area contributed by atoms with Crippen molar-refractivity contribution in [3.8, 4) is 11.5 Å². The maximum atomic E-state index is 12.8. The number of hydrazine groups is 1. The molecule has 0 aliphatic carbocycles. The number of hydrogen-bond donors (Lipinski definition) is 2. The summed E-state index contributed by atoms with van der Waals surface area (Å²) in [4.78, 5) is 17.3. The predicted molar refractivity (Wildman–Crippen MR) is 85.9 cm³/mol. The predicted octanol–water partition coefficient (Wildman–Crippen LogP) is 0.878. The van der Waals surface area contributed by atoms with Crippen molar-refractivity contribution < 1.29 is 14.2 Å². The number of nitrogen functional groups attached to an aromatic ring is 1. The van der Waals surface area contributed by atoms with Gasteiger partial charge < -0.3 is 14.2 Å². The molecule has 124 valence electrons. The van der Waals surface area contributed by atoms with Crippen LogP contribution in [0.5, 0.6) is 11.5 Å². The van der Waals surface area contributed by atoms with Crippen LogP contribution in [-0.2, 0) is 11.3 Å². The third kappa shape index (κ3) is 2.82. The van der Waals surface area contributed by atoms with Crippen molar-refractivity contribution in [2.75, 3.05) is 26.3 Å². The van der Waals surface area contributed by atoms with Gasteiger partial charge in [-0.15, -0.1) is 0 Å². The summed E-state index contributed by atoms with van der Waals surface area (Å²) < 4.78 is 17.6. The molecule has 8 nitrogen and oxygen atoms in total. The lowest BCUT2D eigenvalue weighted by Crippen LogP contribution is -2.31. The molecule has 1 atom stereocenters. The molecule has 0 unspecified atom stereocenters. The van der Waals surface area contributed by atoms with E-state index in [2.05, 4.69) is 10.4 Å². The van der Waals surface area contributed by atoms with Crippen molar-refractivity contribution >= 4 is 16.9 Å². The fourth-order valence-corrected chi connectivity index (χ4v) is 2.82. The molecule has 1 aliphatic heterocycles. The number of methoxy groups -OCH3 is 2. The lowest BCUT2D eigenvalue weighted by molar-refractivity contribution is 0.0965. The molecule has 23 heavy (non-hydrogen) atoms. The Hall–Kier alpha value is -2.32. The van der Waals surface area contributed by atoms with E-state index in [1.807, 2.05) is 0 Å². The molecule has 1 aromatic carbocycles. The van der Waals surface area contributed by atoms with E-state index >= 15 is 0 Å². The summed E-state index contributed by atoms with van der Waals surface area (Å²) >= 11 is 0. The van der Waals surface area contributed by atoms with Gasteiger partial charge in [0, 0.05) is 12.7 Å². The number of nitrogens with two attached hydrogens (primary N) is 1. The van der Waals surface area contributed by atoms with Gasteiger partial charge in [-0.05, 0) is 18.9 Å². The quantitative estimate of drug-likeness (QED) is 0.623. The van der Waals surface area contributed by atoms with Crippen LogP contribution >= 0.6 is 0 Å². The minimum atomic E-state index is -0.195. The van der Waals surface area contributed by atoms with Gasteiger partial charge in [-0.3, -0.25) is 14.8 Å². The molecular formula is C15H20N4O4. The van der Waals surface area contributed by atoms with Crippen molar-refractivity contribution in [2.45, 2.75) is 25.5 Å². The summed E-state index contributed by atoms with van der Waals surface area (Å²) in [7, 11) is 3.06. The molecular weight excluding hydrogens is 300 g/mol. The van der Waals surface area contributed by atoms with E-state index in [4.69, 9.17) is 20.1 Å². The van der Waals surface area contributed by atoms with Crippen LogP contribution in [0.2, 0.25) is 0 Å². The van der Waals surface area contributed by atoms with E-state index in [0.29, 0.717) is 34.9 Å². The number of ether oxygens (including phenoxy) is 3. The number of anilines is 1. The summed E-state index contributed by atoms with van der Waals surface area (Å²) in [5, 5.41) is 0.444. The fourth-order valence-electron chi connectivity index (χ4n) is 2.82. The fraction of sp³-hybridized carbons (Fsp3) is 0.467.